The van der Waals surface area contributed by atoms with Crippen molar-refractivity contribution in [1.29, 1.82) is 0 Å². The van der Waals surface area contributed by atoms with Gasteiger partial charge >= 0.3 is 15.5 Å². The van der Waals surface area contributed by atoms with E-state index in [4.69, 9.17) is 48.7 Å². The van der Waals surface area contributed by atoms with Crippen molar-refractivity contribution in [2.45, 2.75) is 0 Å². The number of methoxy groups -OCH3 is 1. The summed E-state index contributed by atoms with van der Waals surface area (Å²) >= 11 is 9.49. The molecule has 0 saturated carbocycles. The van der Waals surface area contributed by atoms with E-state index in [0.717, 1.165) is 0 Å². The summed E-state index contributed by atoms with van der Waals surface area (Å²) in [5, 5.41) is 8.04. The fraction of sp³-hybridized carbons (Fsp3) is 0.111. The van der Waals surface area contributed by atoms with Crippen LogP contribution in [0.1, 0.15) is 0 Å². The monoisotopic (exact) mass is 416 g/mol. The summed E-state index contributed by atoms with van der Waals surface area (Å²) in [7, 11) is -7.72. The highest BCUT2D eigenvalue weighted by molar-refractivity contribution is 7.81. The Labute approximate surface area is 147 Å². The Hall–Kier alpha value is -1.30. The molecule has 0 radical (unpaired) electrons. The Morgan fingerprint density at radius 2 is 1.50 bits per heavy atom. The van der Waals surface area contributed by atoms with Crippen molar-refractivity contribution in [2.75, 3.05) is 17.7 Å². The molecule has 24 heavy (non-hydrogen) atoms. The molecule has 0 amide bonds. The lowest BCUT2D eigenvalue weighted by Crippen LogP contribution is -2.26. The summed E-state index contributed by atoms with van der Waals surface area (Å²) in [5.41, 5.74) is 0.639. The Bertz CT molecular complexity index is 735. The van der Waals surface area contributed by atoms with Gasteiger partial charge in [-0.1, -0.05) is 0 Å². The molecular weight excluding hydrogens is 402 g/mol. The Kier molecular flexibility index (Phi) is 7.08. The van der Waals surface area contributed by atoms with Crippen molar-refractivity contribution in [3.05, 3.63) is 18.2 Å². The highest BCUT2D eigenvalue weighted by Crippen LogP contribution is 2.32. The van der Waals surface area contributed by atoms with Gasteiger partial charge in [-0.05, 0) is 36.6 Å². The van der Waals surface area contributed by atoms with E-state index in [0.29, 0.717) is 11.4 Å². The first-order valence-corrected chi connectivity index (χ1v) is 9.91. The molecule has 0 aliphatic heterocycles. The maximum absolute atomic E-state index is 10.8. The first kappa shape index (κ1) is 20.7. The van der Waals surface area contributed by atoms with E-state index in [-0.39, 0.29) is 16.0 Å². The van der Waals surface area contributed by atoms with Gasteiger partial charge in [-0.3, -0.25) is 10.2 Å². The van der Waals surface area contributed by atoms with Crippen LogP contribution in [0.2, 0.25) is 0 Å². The molecular formula is C9H14N4O7P2S2. The number of nitrogens with one attached hydrogen (secondary N) is 4. The summed E-state index contributed by atoms with van der Waals surface area (Å²) in [5.74, 6) is 0.230. The lowest BCUT2D eigenvalue weighted by molar-refractivity contribution is 0.365. The molecule has 0 unspecified atom stereocenters. The van der Waals surface area contributed by atoms with Crippen LogP contribution in [-0.4, -0.2) is 36.9 Å². The van der Waals surface area contributed by atoms with Crippen LogP contribution in [0.4, 0.5) is 11.4 Å². The van der Waals surface area contributed by atoms with Gasteiger partial charge in [0.2, 0.25) is 0 Å². The largest absolute Gasteiger partial charge is 0.494 e. The van der Waals surface area contributed by atoms with Crippen molar-refractivity contribution in [2.24, 2.45) is 0 Å². The molecule has 0 heterocycles. The smallest absolute Gasteiger partial charge is 0.429 e. The number of anilines is 2. The van der Waals surface area contributed by atoms with E-state index >= 15 is 0 Å². The van der Waals surface area contributed by atoms with Gasteiger partial charge in [0.25, 0.3) is 0 Å². The Morgan fingerprint density at radius 1 is 1.00 bits per heavy atom. The second kappa shape index (κ2) is 8.19. The molecule has 0 aromatic heterocycles. The van der Waals surface area contributed by atoms with Crippen LogP contribution in [-0.2, 0) is 9.13 Å². The molecule has 0 aliphatic carbocycles. The summed E-state index contributed by atoms with van der Waals surface area (Å²) < 4.78 is 26.7. The van der Waals surface area contributed by atoms with E-state index in [1.807, 2.05) is 0 Å². The van der Waals surface area contributed by atoms with Crippen molar-refractivity contribution >= 4 is 61.5 Å². The third kappa shape index (κ3) is 7.99. The number of benzene rings is 1. The quantitative estimate of drug-likeness (QED) is 0.246. The van der Waals surface area contributed by atoms with Gasteiger partial charge in [0.05, 0.1) is 12.8 Å². The van der Waals surface area contributed by atoms with Gasteiger partial charge in [0, 0.05) is 11.8 Å². The average molecular weight is 416 g/mol. The lowest BCUT2D eigenvalue weighted by Gasteiger charge is -2.16. The van der Waals surface area contributed by atoms with Gasteiger partial charge < -0.3 is 34.9 Å². The minimum absolute atomic E-state index is 0.230. The summed E-state index contributed by atoms with van der Waals surface area (Å²) in [6.07, 6.45) is 0. The van der Waals surface area contributed by atoms with E-state index in [1.165, 1.54) is 25.3 Å². The predicted octanol–water partition coefficient (Wildman–Crippen LogP) is 0.453. The second-order valence-corrected chi connectivity index (χ2v) is 7.57. The molecule has 1 aromatic rings. The van der Waals surface area contributed by atoms with E-state index in [9.17, 15) is 9.13 Å². The number of thiocarbonyl (C=S) groups is 2. The first-order chi connectivity index (χ1) is 10.9. The molecule has 0 saturated heterocycles. The van der Waals surface area contributed by atoms with Crippen molar-refractivity contribution in [3.8, 4) is 5.75 Å². The minimum atomic E-state index is -4.54. The number of rotatable bonds is 5. The SMILES string of the molecule is COc1cc(NC(=S)NP(=O)(O)O)ccc1NC(=S)NP(=O)(O)O. The molecule has 134 valence electrons. The molecule has 11 nitrogen and oxygen atoms in total. The third-order valence-corrected chi connectivity index (χ3v) is 3.94. The van der Waals surface area contributed by atoms with Crippen molar-refractivity contribution in [1.82, 2.24) is 10.2 Å². The van der Waals surface area contributed by atoms with Crippen LogP contribution in [0.15, 0.2) is 18.2 Å². The molecule has 0 aliphatic rings. The van der Waals surface area contributed by atoms with Crippen LogP contribution >= 0.6 is 39.9 Å². The third-order valence-electron chi connectivity index (χ3n) is 2.20. The molecule has 0 spiro atoms. The molecule has 0 atom stereocenters. The topological polar surface area (TPSA) is 172 Å². The van der Waals surface area contributed by atoms with Gasteiger partial charge in [-0.15, -0.1) is 0 Å². The highest BCUT2D eigenvalue weighted by Gasteiger charge is 2.17. The van der Waals surface area contributed by atoms with Gasteiger partial charge in [-0.2, -0.15) is 0 Å². The maximum Gasteiger partial charge on any atom is 0.429 e. The Balaban J connectivity index is 2.85. The van der Waals surface area contributed by atoms with Crippen LogP contribution in [0.3, 0.4) is 0 Å². The lowest BCUT2D eigenvalue weighted by atomic mass is 10.2. The zero-order chi connectivity index (χ0) is 18.5. The summed E-state index contributed by atoms with van der Waals surface area (Å²) in [4.78, 5) is 35.1. The first-order valence-electron chi connectivity index (χ1n) is 5.87. The van der Waals surface area contributed by atoms with E-state index < -0.39 is 15.5 Å². The van der Waals surface area contributed by atoms with Gasteiger partial charge in [0.15, 0.2) is 10.2 Å². The highest BCUT2D eigenvalue weighted by atomic mass is 32.1. The normalized spacial score (nSPS) is 11.4. The number of hydrogen-bond acceptors (Lipinski definition) is 5. The maximum atomic E-state index is 10.8. The molecule has 15 heteroatoms. The molecule has 1 rings (SSSR count). The fourth-order valence-corrected chi connectivity index (χ4v) is 3.03. The summed E-state index contributed by atoms with van der Waals surface area (Å²) in [6, 6.07) is 4.35. The second-order valence-electron chi connectivity index (χ2n) is 4.13. The van der Waals surface area contributed by atoms with Crippen molar-refractivity contribution in [3.63, 3.8) is 0 Å². The van der Waals surface area contributed by atoms with Crippen LogP contribution in [0, 0.1) is 0 Å². The zero-order valence-electron chi connectivity index (χ0n) is 12.0. The molecule has 1 aromatic carbocycles. The van der Waals surface area contributed by atoms with Crippen LogP contribution in [0.25, 0.3) is 0 Å². The van der Waals surface area contributed by atoms with Crippen LogP contribution < -0.4 is 25.5 Å². The Morgan fingerprint density at radius 3 is 1.96 bits per heavy atom. The minimum Gasteiger partial charge on any atom is -0.494 e. The fourth-order valence-electron chi connectivity index (χ4n) is 1.45. The van der Waals surface area contributed by atoms with Gasteiger partial charge in [-0.25, -0.2) is 9.13 Å². The molecule has 8 N–H and O–H groups in total. The zero-order valence-corrected chi connectivity index (χ0v) is 15.4. The summed E-state index contributed by atoms with van der Waals surface area (Å²) in [6.45, 7) is 0. The van der Waals surface area contributed by atoms with Crippen molar-refractivity contribution < 1.29 is 33.4 Å². The number of ether oxygens (including phenoxy) is 1. The molecule has 0 bridgehead atoms. The van der Waals surface area contributed by atoms with Gasteiger partial charge in [0.1, 0.15) is 5.75 Å². The average Bonchev–Trinajstić information content (AvgIpc) is 2.35. The predicted molar refractivity (Wildman–Crippen MR) is 95.8 cm³/mol. The van der Waals surface area contributed by atoms with E-state index in [2.05, 4.69) is 10.6 Å². The van der Waals surface area contributed by atoms with E-state index in [1.54, 1.807) is 10.2 Å². The van der Waals surface area contributed by atoms with Crippen LogP contribution in [0.5, 0.6) is 5.75 Å². The molecule has 0 fully saturated rings. The number of hydrogen-bond donors (Lipinski definition) is 8. The standard InChI is InChI=1S/C9H14N4O7P2S2/c1-20-7-4-5(10-8(23)12-21(14,15)16)2-3-6(7)11-9(24)13-22(17,18)19/h2-4H,1H3,(H4,10,12,14,15,16,23)(H4,11,13,17,18,19,24).